The van der Waals surface area contributed by atoms with Gasteiger partial charge in [0.1, 0.15) is 23.4 Å². The number of carboxylic acids is 1. The molecule has 0 spiro atoms. The molecule has 0 radical (unpaired) electrons. The molecular formula is C37H37ClFN7O6. The van der Waals surface area contributed by atoms with Crippen LogP contribution in [0.4, 0.5) is 14.9 Å². The number of carboxylic acid groups (broad SMARTS) is 1. The summed E-state index contributed by atoms with van der Waals surface area (Å²) in [7, 11) is 3.12. The summed E-state index contributed by atoms with van der Waals surface area (Å²) in [5.74, 6) is -0.148. The Morgan fingerprint density at radius 2 is 1.79 bits per heavy atom. The number of aromatic nitrogens is 2. The van der Waals surface area contributed by atoms with Crippen LogP contribution in [0.3, 0.4) is 0 Å². The molecule has 0 saturated carbocycles. The third kappa shape index (κ3) is 7.77. The van der Waals surface area contributed by atoms with Gasteiger partial charge < -0.3 is 29.4 Å². The molecule has 2 amide bonds. The first-order chi connectivity index (χ1) is 25.1. The molecule has 1 fully saturated rings. The van der Waals surface area contributed by atoms with Gasteiger partial charge in [-0.3, -0.25) is 14.8 Å². The second kappa shape index (κ2) is 15.7. The molecule has 0 bridgehead atoms. The van der Waals surface area contributed by atoms with Crippen molar-refractivity contribution < 1.29 is 33.4 Å². The quantitative estimate of drug-likeness (QED) is 0.171. The van der Waals surface area contributed by atoms with Crippen molar-refractivity contribution >= 4 is 41.1 Å². The highest BCUT2D eigenvalue weighted by atomic mass is 35.5. The van der Waals surface area contributed by atoms with E-state index in [1.54, 1.807) is 63.2 Å². The van der Waals surface area contributed by atoms with Gasteiger partial charge in [0.15, 0.2) is 11.7 Å². The third-order valence-electron chi connectivity index (χ3n) is 8.92. The Morgan fingerprint density at radius 3 is 2.40 bits per heavy atom. The number of carbonyl (C=O) groups is 3. The Labute approximate surface area is 304 Å². The first-order valence-electron chi connectivity index (χ1n) is 16.5. The fourth-order valence-corrected chi connectivity index (χ4v) is 6.36. The minimum absolute atomic E-state index is 0.120. The zero-order valence-electron chi connectivity index (χ0n) is 28.8. The van der Waals surface area contributed by atoms with Crippen molar-refractivity contribution in [2.24, 2.45) is 12.0 Å². The Kier molecular flexibility index (Phi) is 10.9. The highest BCUT2D eigenvalue weighted by molar-refractivity contribution is 6.31. The molecule has 52 heavy (non-hydrogen) atoms. The van der Waals surface area contributed by atoms with E-state index >= 15 is 0 Å². The lowest BCUT2D eigenvalue weighted by Crippen LogP contribution is -2.43. The van der Waals surface area contributed by atoms with Crippen molar-refractivity contribution in [3.8, 4) is 11.5 Å². The Bertz CT molecular complexity index is 2030. The van der Waals surface area contributed by atoms with Crippen LogP contribution < -0.4 is 15.0 Å². The van der Waals surface area contributed by atoms with Crippen LogP contribution in [0.15, 0.2) is 95.4 Å². The number of esters is 1. The van der Waals surface area contributed by atoms with Crippen molar-refractivity contribution in [1.82, 2.24) is 24.7 Å². The van der Waals surface area contributed by atoms with Gasteiger partial charge in [0.2, 0.25) is 0 Å². The predicted octanol–water partition coefficient (Wildman–Crippen LogP) is 5.49. The normalized spacial score (nSPS) is 15.9. The number of nitrogens with zero attached hydrogens (tertiary/aromatic N) is 6. The van der Waals surface area contributed by atoms with E-state index in [1.807, 2.05) is 14.0 Å². The number of halogens is 2. The molecule has 13 nitrogen and oxygen atoms in total. The molecule has 1 unspecified atom stereocenters. The maximum absolute atomic E-state index is 14.1. The van der Waals surface area contributed by atoms with E-state index in [0.717, 1.165) is 5.69 Å². The molecule has 1 atom stereocenters. The van der Waals surface area contributed by atoms with Crippen LogP contribution >= 0.6 is 11.6 Å². The Balaban J connectivity index is 1.15. The van der Waals surface area contributed by atoms with E-state index in [-0.39, 0.29) is 28.7 Å². The molecule has 3 aromatic carbocycles. The molecule has 1 saturated heterocycles. The zero-order chi connectivity index (χ0) is 36.9. The van der Waals surface area contributed by atoms with Crippen LogP contribution in [0.25, 0.3) is 0 Å². The number of likely N-dealkylation sites (N-methyl/N-ethyl adjacent to an activating group) is 1. The fraction of sp³-hybridized carbons (Fsp3) is 0.270. The molecule has 2 aliphatic heterocycles. The highest BCUT2D eigenvalue weighted by Gasteiger charge is 2.35. The van der Waals surface area contributed by atoms with Gasteiger partial charge in [0.05, 0.1) is 18.2 Å². The van der Waals surface area contributed by atoms with E-state index in [2.05, 4.69) is 15.2 Å². The van der Waals surface area contributed by atoms with Crippen LogP contribution in [-0.2, 0) is 16.6 Å². The first kappa shape index (κ1) is 36.1. The average molecular weight is 730 g/mol. The number of benzene rings is 3. The number of aromatic carboxylic acids is 1. The van der Waals surface area contributed by atoms with Crippen molar-refractivity contribution in [1.29, 1.82) is 0 Å². The number of nitrogens with one attached hydrogen (secondary N) is 1. The number of amidine groups is 1. The molecule has 1 aromatic heterocycles. The minimum Gasteiger partial charge on any atom is -0.478 e. The number of ether oxygens (including phenoxy) is 2. The van der Waals surface area contributed by atoms with Gasteiger partial charge >= 0.3 is 18.0 Å². The van der Waals surface area contributed by atoms with Crippen molar-refractivity contribution in [3.63, 3.8) is 0 Å². The summed E-state index contributed by atoms with van der Waals surface area (Å²) in [6.45, 7) is 4.84. The molecule has 0 aliphatic carbocycles. The number of hydrogen-bond acceptors (Lipinski definition) is 9. The van der Waals surface area contributed by atoms with Gasteiger partial charge in [0.25, 0.3) is 0 Å². The SMILES string of the molecule is CCN(CCN1CCN(c2ccc(Oc3ccc(C(=O)O)cc3)cc2)C1=O)CC1=C(C(=O)OC)C(c2ccc(F)cc2Cl)N=C(c2nccn2C)N1. The first-order valence-corrected chi connectivity index (χ1v) is 16.9. The minimum atomic E-state index is -1.01. The summed E-state index contributed by atoms with van der Waals surface area (Å²) in [5.41, 5.74) is 2.09. The highest BCUT2D eigenvalue weighted by Crippen LogP contribution is 2.36. The van der Waals surface area contributed by atoms with Crippen molar-refractivity contribution in [2.45, 2.75) is 13.0 Å². The number of aryl methyl sites for hydroxylation is 1. The smallest absolute Gasteiger partial charge is 0.338 e. The molecule has 6 rings (SSSR count). The molecule has 2 aliphatic rings. The monoisotopic (exact) mass is 729 g/mol. The molecule has 270 valence electrons. The lowest BCUT2D eigenvalue weighted by atomic mass is 9.95. The topological polar surface area (TPSA) is 142 Å². The van der Waals surface area contributed by atoms with Crippen LogP contribution in [-0.4, -0.2) is 94.6 Å². The van der Waals surface area contributed by atoms with Gasteiger partial charge in [-0.15, -0.1) is 0 Å². The summed E-state index contributed by atoms with van der Waals surface area (Å²) >= 11 is 6.51. The van der Waals surface area contributed by atoms with Crippen molar-refractivity contribution in [2.75, 3.05) is 51.3 Å². The maximum atomic E-state index is 14.1. The zero-order valence-corrected chi connectivity index (χ0v) is 29.5. The van der Waals surface area contributed by atoms with Crippen LogP contribution in [0.1, 0.15) is 34.7 Å². The number of hydrogen-bond donors (Lipinski definition) is 2. The van der Waals surface area contributed by atoms with E-state index in [1.165, 1.54) is 37.4 Å². The molecule has 2 N–H and O–H groups in total. The number of amides is 2. The summed E-state index contributed by atoms with van der Waals surface area (Å²) in [5, 5.41) is 12.5. The van der Waals surface area contributed by atoms with Crippen molar-refractivity contribution in [3.05, 3.63) is 118 Å². The number of methoxy groups -OCH3 is 1. The summed E-state index contributed by atoms with van der Waals surface area (Å²) < 4.78 is 26.9. The molecular weight excluding hydrogens is 693 g/mol. The third-order valence-corrected chi connectivity index (χ3v) is 9.24. The van der Waals surface area contributed by atoms with Gasteiger partial charge in [-0.2, -0.15) is 0 Å². The summed E-state index contributed by atoms with van der Waals surface area (Å²) in [6, 6.07) is 16.2. The maximum Gasteiger partial charge on any atom is 0.338 e. The second-order valence-corrected chi connectivity index (χ2v) is 12.5. The number of carbonyl (C=O) groups excluding carboxylic acids is 2. The van der Waals surface area contributed by atoms with Crippen LogP contribution in [0, 0.1) is 5.82 Å². The number of rotatable bonds is 13. The number of imidazole rings is 1. The van der Waals surface area contributed by atoms with E-state index in [4.69, 9.17) is 31.2 Å². The molecule has 15 heteroatoms. The predicted molar refractivity (Wildman–Crippen MR) is 192 cm³/mol. The summed E-state index contributed by atoms with van der Waals surface area (Å²) in [4.78, 5) is 52.8. The van der Waals surface area contributed by atoms with E-state index in [0.29, 0.717) is 67.1 Å². The fourth-order valence-electron chi connectivity index (χ4n) is 6.09. The molecule has 4 aromatic rings. The number of anilines is 1. The summed E-state index contributed by atoms with van der Waals surface area (Å²) in [6.07, 6.45) is 3.42. The van der Waals surface area contributed by atoms with E-state index in [9.17, 15) is 18.8 Å². The standard InChI is InChI=1S/C37H37ClFN7O6/c1-4-44(17-18-45-19-20-46(37(45)50)25-8-12-27(13-9-25)52-26-10-5-23(6-11-26)35(47)48)22-30-31(36(49)51-3)32(28-14-7-24(39)21-29(28)38)42-33(41-30)34-40-15-16-43(34)2/h5-16,21,32H,4,17-20,22H2,1-3H3,(H,41,42)(H,47,48). The van der Waals surface area contributed by atoms with Gasteiger partial charge in [-0.1, -0.05) is 24.6 Å². The van der Waals surface area contributed by atoms with Crippen LogP contribution in [0.2, 0.25) is 5.02 Å². The van der Waals surface area contributed by atoms with Crippen LogP contribution in [0.5, 0.6) is 11.5 Å². The Hall–Kier alpha value is -5.73. The lowest BCUT2D eigenvalue weighted by molar-refractivity contribution is -0.136. The average Bonchev–Trinajstić information content (AvgIpc) is 3.74. The Morgan fingerprint density at radius 1 is 1.08 bits per heavy atom. The van der Waals surface area contributed by atoms with E-state index < -0.39 is 23.8 Å². The molecule has 3 heterocycles. The largest absolute Gasteiger partial charge is 0.478 e. The number of aliphatic imine (C=N–C) groups is 1. The van der Waals surface area contributed by atoms with Gasteiger partial charge in [-0.25, -0.2) is 23.8 Å². The van der Waals surface area contributed by atoms with Gasteiger partial charge in [-0.05, 0) is 67.2 Å². The second-order valence-electron chi connectivity index (χ2n) is 12.1. The number of urea groups is 1. The lowest BCUT2D eigenvalue weighted by Gasteiger charge is -2.31. The van der Waals surface area contributed by atoms with Gasteiger partial charge in [0, 0.05) is 74.1 Å².